The first-order valence-electron chi connectivity index (χ1n) is 6.53. The largest absolute Gasteiger partial charge is 0.0654 e. The van der Waals surface area contributed by atoms with Crippen LogP contribution in [0, 0.1) is 28.1 Å². The molecule has 0 N–H and O–H groups in total. The lowest BCUT2D eigenvalue weighted by Crippen LogP contribution is -2.61. The van der Waals surface area contributed by atoms with Crippen LogP contribution in [0.3, 0.4) is 0 Å². The Balaban J connectivity index is 1.97. The standard InChI is InChI=1S/C14H24/c1-5-7-12(3)10(2)13(4)8-6-11-9-14(11,12)13/h10-11H,5-9H2,1-4H3. The van der Waals surface area contributed by atoms with E-state index in [2.05, 4.69) is 27.7 Å². The van der Waals surface area contributed by atoms with Gasteiger partial charge in [-0.05, 0) is 53.8 Å². The molecule has 0 aromatic carbocycles. The normalized spacial score (nSPS) is 64.3. The summed E-state index contributed by atoms with van der Waals surface area (Å²) in [4.78, 5) is 0. The third-order valence-corrected chi connectivity index (χ3v) is 6.84. The zero-order chi connectivity index (χ0) is 10.2. The third-order valence-electron chi connectivity index (χ3n) is 6.84. The molecule has 14 heavy (non-hydrogen) atoms. The molecule has 0 saturated heterocycles. The average molecular weight is 192 g/mol. The maximum absolute atomic E-state index is 2.59. The summed E-state index contributed by atoms with van der Waals surface area (Å²) in [5.74, 6) is 2.10. The van der Waals surface area contributed by atoms with Gasteiger partial charge in [-0.3, -0.25) is 0 Å². The smallest absolute Gasteiger partial charge is 0.0153 e. The maximum Gasteiger partial charge on any atom is -0.0153 e. The van der Waals surface area contributed by atoms with Crippen molar-refractivity contribution in [2.75, 3.05) is 0 Å². The van der Waals surface area contributed by atoms with E-state index in [1.807, 2.05) is 0 Å². The molecule has 3 rings (SSSR count). The molecule has 0 aromatic heterocycles. The molecule has 3 aliphatic rings. The van der Waals surface area contributed by atoms with Crippen molar-refractivity contribution in [3.05, 3.63) is 0 Å². The maximum atomic E-state index is 2.59. The minimum atomic E-state index is 0.706. The van der Waals surface area contributed by atoms with Crippen molar-refractivity contribution in [1.82, 2.24) is 0 Å². The quantitative estimate of drug-likeness (QED) is 0.613. The van der Waals surface area contributed by atoms with Crippen molar-refractivity contribution in [3.63, 3.8) is 0 Å². The fourth-order valence-electron chi connectivity index (χ4n) is 6.00. The molecule has 0 aliphatic heterocycles. The number of rotatable bonds is 2. The van der Waals surface area contributed by atoms with Gasteiger partial charge in [-0.15, -0.1) is 0 Å². The highest BCUT2D eigenvalue weighted by atomic mass is 14.9. The molecule has 5 unspecified atom stereocenters. The molecule has 0 aromatic rings. The highest BCUT2D eigenvalue weighted by Crippen LogP contribution is 2.91. The van der Waals surface area contributed by atoms with Crippen LogP contribution in [0.4, 0.5) is 0 Å². The summed E-state index contributed by atoms with van der Waals surface area (Å²) in [5, 5.41) is 0. The first kappa shape index (κ1) is 9.24. The SMILES string of the molecule is CCCC1(C)C(C)C2(C)CCC3CC312. The van der Waals surface area contributed by atoms with Gasteiger partial charge in [0.2, 0.25) is 0 Å². The lowest BCUT2D eigenvalue weighted by atomic mass is 9.37. The second-order valence-corrected chi connectivity index (χ2v) is 6.72. The predicted octanol–water partition coefficient (Wildman–Crippen LogP) is 4.25. The molecule has 0 nitrogen and oxygen atoms in total. The van der Waals surface area contributed by atoms with Crippen LogP contribution in [0.15, 0.2) is 0 Å². The molecule has 3 saturated carbocycles. The van der Waals surface area contributed by atoms with Gasteiger partial charge in [0.15, 0.2) is 0 Å². The fourth-order valence-corrected chi connectivity index (χ4v) is 6.00. The van der Waals surface area contributed by atoms with Crippen LogP contribution in [0.1, 0.15) is 59.8 Å². The summed E-state index contributed by atoms with van der Waals surface area (Å²) in [6.45, 7) is 10.1. The predicted molar refractivity (Wildman–Crippen MR) is 60.1 cm³/mol. The molecule has 0 amide bonds. The van der Waals surface area contributed by atoms with E-state index in [9.17, 15) is 0 Å². The van der Waals surface area contributed by atoms with Crippen LogP contribution in [0.2, 0.25) is 0 Å². The van der Waals surface area contributed by atoms with E-state index in [0.29, 0.717) is 5.41 Å². The van der Waals surface area contributed by atoms with E-state index in [1.165, 1.54) is 19.3 Å². The Kier molecular flexibility index (Phi) is 1.47. The van der Waals surface area contributed by atoms with Crippen LogP contribution >= 0.6 is 0 Å². The van der Waals surface area contributed by atoms with Crippen LogP contribution in [-0.4, -0.2) is 0 Å². The topological polar surface area (TPSA) is 0 Å². The molecule has 3 aliphatic carbocycles. The van der Waals surface area contributed by atoms with E-state index >= 15 is 0 Å². The number of hydrogen-bond donors (Lipinski definition) is 0. The Labute approximate surface area is 88.5 Å². The Morgan fingerprint density at radius 2 is 2.00 bits per heavy atom. The van der Waals surface area contributed by atoms with Gasteiger partial charge in [-0.2, -0.15) is 0 Å². The molecule has 0 bridgehead atoms. The molecule has 0 heteroatoms. The summed E-state index contributed by atoms with van der Waals surface area (Å²) in [6, 6.07) is 0. The molecule has 0 heterocycles. The molecule has 0 radical (unpaired) electrons. The highest BCUT2D eigenvalue weighted by Gasteiger charge is 2.84. The van der Waals surface area contributed by atoms with Crippen LogP contribution in [0.5, 0.6) is 0 Å². The third kappa shape index (κ3) is 0.605. The zero-order valence-electron chi connectivity index (χ0n) is 10.2. The van der Waals surface area contributed by atoms with E-state index in [0.717, 1.165) is 22.7 Å². The fraction of sp³-hybridized carbons (Fsp3) is 1.00. The minimum Gasteiger partial charge on any atom is -0.0654 e. The first-order valence-corrected chi connectivity index (χ1v) is 6.53. The van der Waals surface area contributed by atoms with Gasteiger partial charge in [0, 0.05) is 0 Å². The summed E-state index contributed by atoms with van der Waals surface area (Å²) in [7, 11) is 0. The van der Waals surface area contributed by atoms with Gasteiger partial charge in [0.1, 0.15) is 0 Å². The van der Waals surface area contributed by atoms with E-state index in [-0.39, 0.29) is 0 Å². The molecule has 3 fully saturated rings. The van der Waals surface area contributed by atoms with Gasteiger partial charge >= 0.3 is 0 Å². The van der Waals surface area contributed by atoms with E-state index in [4.69, 9.17) is 0 Å². The lowest BCUT2D eigenvalue weighted by Gasteiger charge is -2.67. The van der Waals surface area contributed by atoms with Gasteiger partial charge < -0.3 is 0 Å². The Morgan fingerprint density at radius 3 is 2.57 bits per heavy atom. The molecular formula is C14H24. The van der Waals surface area contributed by atoms with Crippen molar-refractivity contribution in [1.29, 1.82) is 0 Å². The summed E-state index contributed by atoms with van der Waals surface area (Å²) >= 11 is 0. The number of hydrogen-bond acceptors (Lipinski definition) is 0. The average Bonchev–Trinajstić information content (AvgIpc) is 2.86. The van der Waals surface area contributed by atoms with Crippen LogP contribution in [-0.2, 0) is 0 Å². The molecule has 1 spiro atoms. The van der Waals surface area contributed by atoms with Gasteiger partial charge in [0.25, 0.3) is 0 Å². The van der Waals surface area contributed by atoms with Gasteiger partial charge in [-0.25, -0.2) is 0 Å². The highest BCUT2D eigenvalue weighted by molar-refractivity contribution is 5.32. The Morgan fingerprint density at radius 1 is 1.29 bits per heavy atom. The molecule has 5 atom stereocenters. The Hall–Kier alpha value is 0. The second-order valence-electron chi connectivity index (χ2n) is 6.72. The van der Waals surface area contributed by atoms with Crippen LogP contribution in [0.25, 0.3) is 0 Å². The Bertz CT molecular complexity index is 282. The van der Waals surface area contributed by atoms with Crippen molar-refractivity contribution in [2.24, 2.45) is 28.1 Å². The van der Waals surface area contributed by atoms with Crippen molar-refractivity contribution < 1.29 is 0 Å². The van der Waals surface area contributed by atoms with Gasteiger partial charge in [-0.1, -0.05) is 34.1 Å². The van der Waals surface area contributed by atoms with Crippen molar-refractivity contribution >= 4 is 0 Å². The molecular weight excluding hydrogens is 168 g/mol. The minimum absolute atomic E-state index is 0.706. The summed E-state index contributed by atoms with van der Waals surface area (Å²) in [5.41, 5.74) is 2.26. The van der Waals surface area contributed by atoms with E-state index in [1.54, 1.807) is 12.8 Å². The first-order chi connectivity index (χ1) is 6.53. The zero-order valence-corrected chi connectivity index (χ0v) is 10.2. The summed E-state index contributed by atoms with van der Waals surface area (Å²) in [6.07, 6.45) is 7.49. The second kappa shape index (κ2) is 2.23. The van der Waals surface area contributed by atoms with Crippen molar-refractivity contribution in [3.8, 4) is 0 Å². The van der Waals surface area contributed by atoms with Gasteiger partial charge in [0.05, 0.1) is 0 Å². The monoisotopic (exact) mass is 192 g/mol. The lowest BCUT2D eigenvalue weighted by molar-refractivity contribution is -0.193. The van der Waals surface area contributed by atoms with Crippen LogP contribution < -0.4 is 0 Å². The van der Waals surface area contributed by atoms with E-state index < -0.39 is 0 Å². The molecule has 80 valence electrons. The summed E-state index contributed by atoms with van der Waals surface area (Å²) < 4.78 is 0. The van der Waals surface area contributed by atoms with Crippen molar-refractivity contribution in [2.45, 2.75) is 59.8 Å².